The molecule has 2 aliphatic rings. The van der Waals surface area contributed by atoms with Gasteiger partial charge in [0.05, 0.1) is 16.7 Å². The Labute approximate surface area is 236 Å². The van der Waals surface area contributed by atoms with Crippen LogP contribution in [0.4, 0.5) is 0 Å². The number of thioether (sulfide) groups is 2. The van der Waals surface area contributed by atoms with Gasteiger partial charge in [-0.1, -0.05) is 43.7 Å². The molecule has 11 nitrogen and oxygen atoms in total. The third kappa shape index (κ3) is 7.33. The molecular weight excluding hydrogens is 542 g/mol. The van der Waals surface area contributed by atoms with E-state index in [9.17, 15) is 28.8 Å². The van der Waals surface area contributed by atoms with Crippen molar-refractivity contribution in [2.45, 2.75) is 55.3 Å². The largest absolute Gasteiger partial charge is 0.368 e. The van der Waals surface area contributed by atoms with Gasteiger partial charge in [0.15, 0.2) is 0 Å². The molecule has 2 unspecified atom stereocenters. The Balaban J connectivity index is 1.62. The molecule has 39 heavy (non-hydrogen) atoms. The molecule has 3 rings (SSSR count). The van der Waals surface area contributed by atoms with Crippen LogP contribution in [-0.4, -0.2) is 92.9 Å². The number of ketones is 1. The standard InChI is InChI=1S/C26H35N5O6S2/c1-4-8-18(29-24(36)19-13-26(38-11-12-39-26)15-31(19)16(2)32)22(34)25(37)28-14-20(33)30(3)21(23(27)35)17-9-6-5-7-10-17/h5-7,9-10,18-19,21H,4,8,11-15H2,1-3H3,(H2,27,35)(H,28,37)(H,29,36)/t18?,19-,21?/m0/s1. The number of rotatable bonds is 11. The first-order valence-electron chi connectivity index (χ1n) is 12.8. The van der Waals surface area contributed by atoms with Crippen molar-refractivity contribution in [2.75, 3.05) is 31.6 Å². The molecule has 2 saturated heterocycles. The van der Waals surface area contributed by atoms with Gasteiger partial charge in [-0.3, -0.25) is 28.8 Å². The van der Waals surface area contributed by atoms with Gasteiger partial charge in [-0.15, -0.1) is 23.5 Å². The van der Waals surface area contributed by atoms with E-state index in [0.29, 0.717) is 24.9 Å². The fraction of sp³-hybridized carbons (Fsp3) is 0.538. The van der Waals surface area contributed by atoms with Crippen molar-refractivity contribution < 1.29 is 28.8 Å². The number of amides is 5. The number of likely N-dealkylation sites (tertiary alicyclic amines) is 1. The highest BCUT2D eigenvalue weighted by molar-refractivity contribution is 8.21. The normalized spacial score (nSPS) is 19.3. The predicted molar refractivity (Wildman–Crippen MR) is 149 cm³/mol. The van der Waals surface area contributed by atoms with Crippen LogP contribution in [0.5, 0.6) is 0 Å². The second kappa shape index (κ2) is 13.3. The number of Topliss-reactive ketones (excluding diaryl/α,β-unsaturated/α-hetero) is 1. The van der Waals surface area contributed by atoms with Crippen LogP contribution < -0.4 is 16.4 Å². The third-order valence-corrected chi connectivity index (χ3v) is 10.2. The number of hydrogen-bond donors (Lipinski definition) is 3. The van der Waals surface area contributed by atoms with Crippen molar-refractivity contribution in [3.8, 4) is 0 Å². The summed E-state index contributed by atoms with van der Waals surface area (Å²) < 4.78 is -0.232. The Kier molecular flexibility index (Phi) is 10.4. The Bertz CT molecular complexity index is 1110. The summed E-state index contributed by atoms with van der Waals surface area (Å²) in [6.45, 7) is 3.14. The molecule has 1 aromatic carbocycles. The van der Waals surface area contributed by atoms with E-state index in [0.717, 1.165) is 16.4 Å². The summed E-state index contributed by atoms with van der Waals surface area (Å²) in [7, 11) is 1.38. The van der Waals surface area contributed by atoms with Crippen molar-refractivity contribution in [3.05, 3.63) is 35.9 Å². The zero-order valence-corrected chi connectivity index (χ0v) is 23.9. The van der Waals surface area contributed by atoms with E-state index in [1.54, 1.807) is 53.9 Å². The maximum Gasteiger partial charge on any atom is 0.290 e. The second-order valence-corrected chi connectivity index (χ2v) is 12.8. The smallest absolute Gasteiger partial charge is 0.290 e. The summed E-state index contributed by atoms with van der Waals surface area (Å²) in [6, 6.07) is 5.61. The van der Waals surface area contributed by atoms with Crippen molar-refractivity contribution in [2.24, 2.45) is 5.73 Å². The molecule has 5 amide bonds. The summed E-state index contributed by atoms with van der Waals surface area (Å²) in [5.41, 5.74) is 6.02. The lowest BCUT2D eigenvalue weighted by molar-refractivity contribution is -0.143. The average Bonchev–Trinajstić information content (AvgIpc) is 3.53. The first-order chi connectivity index (χ1) is 18.5. The van der Waals surface area contributed by atoms with Crippen LogP contribution in [0, 0.1) is 0 Å². The van der Waals surface area contributed by atoms with Crippen molar-refractivity contribution in [1.82, 2.24) is 20.4 Å². The molecule has 0 bridgehead atoms. The number of primary amides is 1. The molecule has 0 aliphatic carbocycles. The second-order valence-electron chi connectivity index (χ2n) is 9.59. The number of hydrogen-bond acceptors (Lipinski definition) is 8. The summed E-state index contributed by atoms with van der Waals surface area (Å²) >= 11 is 3.48. The molecule has 0 saturated carbocycles. The average molecular weight is 578 g/mol. The molecule has 2 fully saturated rings. The monoisotopic (exact) mass is 577 g/mol. The van der Waals surface area contributed by atoms with Crippen LogP contribution in [0.15, 0.2) is 30.3 Å². The van der Waals surface area contributed by atoms with E-state index in [2.05, 4.69) is 10.6 Å². The number of nitrogens with zero attached hydrogens (tertiary/aromatic N) is 2. The first kappa shape index (κ1) is 30.5. The first-order valence-corrected chi connectivity index (χ1v) is 14.7. The van der Waals surface area contributed by atoms with Crippen LogP contribution in [-0.2, 0) is 28.8 Å². The molecule has 1 spiro atoms. The molecule has 1 aromatic rings. The third-order valence-electron chi connectivity index (χ3n) is 6.81. The number of nitrogens with two attached hydrogens (primary N) is 1. The van der Waals surface area contributed by atoms with E-state index in [1.807, 2.05) is 6.92 Å². The fourth-order valence-corrected chi connectivity index (χ4v) is 8.08. The highest BCUT2D eigenvalue weighted by Gasteiger charge is 2.51. The minimum atomic E-state index is -1.10. The van der Waals surface area contributed by atoms with E-state index in [-0.39, 0.29) is 16.4 Å². The van der Waals surface area contributed by atoms with Gasteiger partial charge in [0.2, 0.25) is 29.4 Å². The Morgan fingerprint density at radius 1 is 1.13 bits per heavy atom. The van der Waals surface area contributed by atoms with Crippen LogP contribution in [0.3, 0.4) is 0 Å². The summed E-state index contributed by atoms with van der Waals surface area (Å²) in [4.78, 5) is 78.6. The maximum absolute atomic E-state index is 13.2. The zero-order chi connectivity index (χ0) is 28.7. The molecule has 13 heteroatoms. The van der Waals surface area contributed by atoms with Crippen molar-refractivity contribution in [3.63, 3.8) is 0 Å². The van der Waals surface area contributed by atoms with Gasteiger partial charge in [-0.25, -0.2) is 0 Å². The highest BCUT2D eigenvalue weighted by atomic mass is 32.2. The van der Waals surface area contributed by atoms with Crippen LogP contribution >= 0.6 is 23.5 Å². The van der Waals surface area contributed by atoms with Crippen LogP contribution in [0.2, 0.25) is 0 Å². The van der Waals surface area contributed by atoms with Crippen molar-refractivity contribution >= 4 is 58.8 Å². The maximum atomic E-state index is 13.2. The van der Waals surface area contributed by atoms with Gasteiger partial charge in [0, 0.05) is 38.4 Å². The summed E-state index contributed by atoms with van der Waals surface area (Å²) in [6.07, 6.45) is 1.20. The number of nitrogens with one attached hydrogen (secondary N) is 2. The van der Waals surface area contributed by atoms with Gasteiger partial charge in [-0.2, -0.15) is 0 Å². The molecule has 212 valence electrons. The molecule has 2 aliphatic heterocycles. The molecule has 0 radical (unpaired) electrons. The van der Waals surface area contributed by atoms with E-state index in [1.165, 1.54) is 18.9 Å². The number of carbonyl (C=O) groups is 6. The quantitative estimate of drug-likeness (QED) is 0.320. The predicted octanol–water partition coefficient (Wildman–Crippen LogP) is 0.439. The number of carbonyl (C=O) groups excluding carboxylic acids is 6. The Morgan fingerprint density at radius 2 is 1.77 bits per heavy atom. The van der Waals surface area contributed by atoms with Gasteiger partial charge < -0.3 is 26.2 Å². The summed E-state index contributed by atoms with van der Waals surface area (Å²) in [5.74, 6) is -2.09. The number of benzene rings is 1. The lowest BCUT2D eigenvalue weighted by Gasteiger charge is -2.26. The molecule has 2 heterocycles. The van der Waals surface area contributed by atoms with Crippen LogP contribution in [0.25, 0.3) is 0 Å². The molecule has 3 atom stereocenters. The molecule has 0 aromatic heterocycles. The topological polar surface area (TPSA) is 159 Å². The Morgan fingerprint density at radius 3 is 2.33 bits per heavy atom. The minimum absolute atomic E-state index is 0.213. The van der Waals surface area contributed by atoms with Gasteiger partial charge in [0.1, 0.15) is 12.1 Å². The minimum Gasteiger partial charge on any atom is -0.368 e. The zero-order valence-electron chi connectivity index (χ0n) is 22.3. The van der Waals surface area contributed by atoms with Gasteiger partial charge >= 0.3 is 0 Å². The lowest BCUT2D eigenvalue weighted by Crippen LogP contribution is -2.53. The number of likely N-dealkylation sites (N-methyl/N-ethyl adjacent to an activating group) is 1. The molecule has 4 N–H and O–H groups in total. The fourth-order valence-electron chi connectivity index (χ4n) is 4.82. The van der Waals surface area contributed by atoms with Crippen molar-refractivity contribution in [1.29, 1.82) is 0 Å². The summed E-state index contributed by atoms with van der Waals surface area (Å²) in [5, 5.41) is 4.98. The van der Waals surface area contributed by atoms with Gasteiger partial charge in [0.25, 0.3) is 5.91 Å². The van der Waals surface area contributed by atoms with Gasteiger partial charge in [-0.05, 0) is 12.0 Å². The van der Waals surface area contributed by atoms with E-state index in [4.69, 9.17) is 5.73 Å². The van der Waals surface area contributed by atoms with E-state index >= 15 is 0 Å². The SMILES string of the molecule is CCCC(NC(=O)[C@@H]1CC2(CN1C(C)=O)SCCS2)C(=O)C(=O)NCC(=O)N(C)C(C(N)=O)c1ccccc1. The van der Waals surface area contributed by atoms with E-state index < -0.39 is 54.1 Å². The lowest BCUT2D eigenvalue weighted by atomic mass is 10.0. The van der Waals surface area contributed by atoms with Crippen LogP contribution in [0.1, 0.15) is 44.7 Å². The molecular formula is C26H35N5O6S2. The Hall–Kier alpha value is -3.06. The highest BCUT2D eigenvalue weighted by Crippen LogP contribution is 2.51.